The minimum absolute atomic E-state index is 0.0311. The van der Waals surface area contributed by atoms with Crippen LogP contribution in [0.15, 0.2) is 16.6 Å². The second kappa shape index (κ2) is 7.31. The van der Waals surface area contributed by atoms with Crippen LogP contribution in [0.5, 0.6) is 0 Å². The maximum Gasteiger partial charge on any atom is 0.306 e. The summed E-state index contributed by atoms with van der Waals surface area (Å²) in [5.41, 5.74) is 0.0311. The van der Waals surface area contributed by atoms with Crippen molar-refractivity contribution in [3.05, 3.63) is 33.8 Å². The summed E-state index contributed by atoms with van der Waals surface area (Å²) in [5.74, 6) is -1.71. The summed E-state index contributed by atoms with van der Waals surface area (Å²) < 4.78 is 27.6. The predicted octanol–water partition coefficient (Wildman–Crippen LogP) is 3.71. The summed E-state index contributed by atoms with van der Waals surface area (Å²) in [7, 11) is 0. The molecule has 1 fully saturated rings. The Morgan fingerprint density at radius 1 is 1.29 bits per heavy atom. The van der Waals surface area contributed by atoms with Crippen LogP contribution in [0, 0.1) is 23.5 Å². The molecule has 1 aliphatic carbocycles. The maximum atomic E-state index is 13.8. The van der Waals surface area contributed by atoms with Crippen molar-refractivity contribution in [3.63, 3.8) is 0 Å². The van der Waals surface area contributed by atoms with Crippen LogP contribution in [0.25, 0.3) is 0 Å². The standard InChI is InChI=1S/C15H18BrF2NO2/c16-12-5-6-13(17)11(14(12)18)8-19-7-9-1-3-10(4-2-9)15(20)21/h5-6,9-10,19H,1-4,7-8H2,(H,20,21). The molecule has 0 heterocycles. The van der Waals surface area contributed by atoms with Crippen LogP contribution in [-0.4, -0.2) is 17.6 Å². The Bertz CT molecular complexity index is 517. The number of aliphatic carboxylic acids is 1. The fraction of sp³-hybridized carbons (Fsp3) is 0.533. The van der Waals surface area contributed by atoms with E-state index in [1.165, 1.54) is 12.1 Å². The van der Waals surface area contributed by atoms with E-state index in [1.807, 2.05) is 0 Å². The number of hydrogen-bond acceptors (Lipinski definition) is 2. The number of benzene rings is 1. The summed E-state index contributed by atoms with van der Waals surface area (Å²) in [6.07, 6.45) is 3.05. The van der Waals surface area contributed by atoms with Crippen molar-refractivity contribution in [2.24, 2.45) is 11.8 Å². The molecule has 1 aliphatic rings. The second-order valence-corrected chi connectivity index (χ2v) is 6.36. The molecule has 1 aromatic rings. The number of nitrogens with one attached hydrogen (secondary N) is 1. The fourth-order valence-electron chi connectivity index (χ4n) is 2.75. The molecule has 0 unspecified atom stereocenters. The number of hydrogen-bond donors (Lipinski definition) is 2. The maximum absolute atomic E-state index is 13.8. The third-order valence-electron chi connectivity index (χ3n) is 4.07. The highest BCUT2D eigenvalue weighted by Crippen LogP contribution is 2.28. The fourth-order valence-corrected chi connectivity index (χ4v) is 3.12. The molecular formula is C15H18BrF2NO2. The van der Waals surface area contributed by atoms with E-state index in [-0.39, 0.29) is 22.5 Å². The number of rotatable bonds is 5. The smallest absolute Gasteiger partial charge is 0.306 e. The van der Waals surface area contributed by atoms with E-state index < -0.39 is 17.6 Å². The molecule has 0 amide bonds. The number of carboxylic acid groups (broad SMARTS) is 1. The lowest BCUT2D eigenvalue weighted by atomic mass is 9.82. The van der Waals surface area contributed by atoms with Gasteiger partial charge in [-0.15, -0.1) is 0 Å². The molecule has 0 spiro atoms. The van der Waals surface area contributed by atoms with E-state index in [1.54, 1.807) is 0 Å². The van der Waals surface area contributed by atoms with E-state index in [0.717, 1.165) is 12.8 Å². The average molecular weight is 362 g/mol. The molecule has 21 heavy (non-hydrogen) atoms. The summed E-state index contributed by atoms with van der Waals surface area (Å²) in [6, 6.07) is 2.59. The minimum Gasteiger partial charge on any atom is -0.481 e. The Morgan fingerprint density at radius 2 is 1.95 bits per heavy atom. The Kier molecular flexibility index (Phi) is 5.70. The van der Waals surface area contributed by atoms with Gasteiger partial charge in [-0.2, -0.15) is 0 Å². The van der Waals surface area contributed by atoms with Crippen molar-refractivity contribution in [1.82, 2.24) is 5.32 Å². The van der Waals surface area contributed by atoms with Crippen molar-refractivity contribution in [2.45, 2.75) is 32.2 Å². The molecule has 3 nitrogen and oxygen atoms in total. The van der Waals surface area contributed by atoms with Crippen LogP contribution in [0.1, 0.15) is 31.2 Å². The highest BCUT2D eigenvalue weighted by atomic mass is 79.9. The predicted molar refractivity (Wildman–Crippen MR) is 78.8 cm³/mol. The lowest BCUT2D eigenvalue weighted by Gasteiger charge is -2.26. The number of carbonyl (C=O) groups is 1. The van der Waals surface area contributed by atoms with E-state index >= 15 is 0 Å². The zero-order chi connectivity index (χ0) is 15.4. The second-order valence-electron chi connectivity index (χ2n) is 5.51. The summed E-state index contributed by atoms with van der Waals surface area (Å²) in [4.78, 5) is 10.9. The normalized spacial score (nSPS) is 22.2. The molecule has 1 saturated carbocycles. The van der Waals surface area contributed by atoms with Crippen molar-refractivity contribution < 1.29 is 18.7 Å². The van der Waals surface area contributed by atoms with Gasteiger partial charge in [-0.3, -0.25) is 4.79 Å². The number of halogens is 3. The SMILES string of the molecule is O=C(O)C1CCC(CNCc2c(F)ccc(Br)c2F)CC1. The van der Waals surface area contributed by atoms with E-state index in [2.05, 4.69) is 21.2 Å². The van der Waals surface area contributed by atoms with Gasteiger partial charge in [0.05, 0.1) is 10.4 Å². The van der Waals surface area contributed by atoms with Crippen LogP contribution in [0.4, 0.5) is 8.78 Å². The third kappa shape index (κ3) is 4.23. The molecule has 0 aromatic heterocycles. The Labute approximate surface area is 130 Å². The molecule has 6 heteroatoms. The first-order chi connectivity index (χ1) is 9.99. The zero-order valence-electron chi connectivity index (χ0n) is 11.5. The van der Waals surface area contributed by atoms with E-state index in [4.69, 9.17) is 5.11 Å². The van der Waals surface area contributed by atoms with Crippen LogP contribution < -0.4 is 5.32 Å². The third-order valence-corrected chi connectivity index (χ3v) is 4.68. The van der Waals surface area contributed by atoms with E-state index in [0.29, 0.717) is 25.3 Å². The van der Waals surface area contributed by atoms with Gasteiger partial charge < -0.3 is 10.4 Å². The lowest BCUT2D eigenvalue weighted by Crippen LogP contribution is -2.29. The lowest BCUT2D eigenvalue weighted by molar-refractivity contribution is -0.143. The average Bonchev–Trinajstić information content (AvgIpc) is 2.47. The Balaban J connectivity index is 1.81. The first kappa shape index (κ1) is 16.4. The van der Waals surface area contributed by atoms with Gasteiger partial charge in [-0.25, -0.2) is 8.78 Å². The van der Waals surface area contributed by atoms with Crippen LogP contribution in [0.2, 0.25) is 0 Å². The van der Waals surface area contributed by atoms with Gasteiger partial charge in [0, 0.05) is 12.1 Å². The largest absolute Gasteiger partial charge is 0.481 e. The molecule has 116 valence electrons. The summed E-state index contributed by atoms with van der Waals surface area (Å²) >= 11 is 3.04. The van der Waals surface area contributed by atoms with Gasteiger partial charge in [0.2, 0.25) is 0 Å². The Morgan fingerprint density at radius 3 is 2.57 bits per heavy atom. The van der Waals surface area contributed by atoms with Gasteiger partial charge in [-0.1, -0.05) is 0 Å². The first-order valence-electron chi connectivity index (χ1n) is 7.05. The van der Waals surface area contributed by atoms with Crippen molar-refractivity contribution in [3.8, 4) is 0 Å². The molecule has 1 aromatic carbocycles. The van der Waals surface area contributed by atoms with Gasteiger partial charge in [0.1, 0.15) is 11.6 Å². The first-order valence-corrected chi connectivity index (χ1v) is 7.84. The van der Waals surface area contributed by atoms with Crippen molar-refractivity contribution in [1.29, 1.82) is 0 Å². The zero-order valence-corrected chi connectivity index (χ0v) is 13.1. The highest BCUT2D eigenvalue weighted by Gasteiger charge is 2.25. The van der Waals surface area contributed by atoms with Crippen LogP contribution >= 0.6 is 15.9 Å². The number of carboxylic acids is 1. The molecule has 2 N–H and O–H groups in total. The molecular weight excluding hydrogens is 344 g/mol. The quantitative estimate of drug-likeness (QED) is 0.786. The minimum atomic E-state index is -0.723. The highest BCUT2D eigenvalue weighted by molar-refractivity contribution is 9.10. The topological polar surface area (TPSA) is 49.3 Å². The molecule has 2 rings (SSSR count). The van der Waals surface area contributed by atoms with Crippen molar-refractivity contribution in [2.75, 3.05) is 6.54 Å². The molecule has 0 saturated heterocycles. The summed E-state index contributed by atoms with van der Waals surface area (Å²) in [6.45, 7) is 0.785. The molecule has 0 aliphatic heterocycles. The monoisotopic (exact) mass is 361 g/mol. The van der Waals surface area contributed by atoms with Crippen LogP contribution in [0.3, 0.4) is 0 Å². The molecule has 0 bridgehead atoms. The van der Waals surface area contributed by atoms with E-state index in [9.17, 15) is 13.6 Å². The van der Waals surface area contributed by atoms with Gasteiger partial charge in [0.25, 0.3) is 0 Å². The van der Waals surface area contributed by atoms with Gasteiger partial charge in [0.15, 0.2) is 0 Å². The van der Waals surface area contributed by atoms with Gasteiger partial charge in [-0.05, 0) is 66.2 Å². The molecule has 0 atom stereocenters. The summed E-state index contributed by atoms with van der Waals surface area (Å²) in [5, 5.41) is 12.0. The molecule has 0 radical (unpaired) electrons. The van der Waals surface area contributed by atoms with Crippen molar-refractivity contribution >= 4 is 21.9 Å². The van der Waals surface area contributed by atoms with Crippen LogP contribution in [-0.2, 0) is 11.3 Å². The Hall–Kier alpha value is -1.01. The van der Waals surface area contributed by atoms with Gasteiger partial charge >= 0.3 is 5.97 Å².